The number of alkyl halides is 3. The van der Waals surface area contributed by atoms with Crippen molar-refractivity contribution in [3.8, 4) is 17.1 Å². The molecule has 142 valence electrons. The molecular weight excluding hydrogens is 492 g/mol. The second-order valence-electron chi connectivity index (χ2n) is 6.04. The lowest BCUT2D eigenvalue weighted by Crippen LogP contribution is -2.08. The molecule has 0 fully saturated rings. The zero-order valence-electron chi connectivity index (χ0n) is 14.2. The molecular formula is C18H14F3IN2O2S. The Labute approximate surface area is 168 Å². The van der Waals surface area contributed by atoms with Crippen molar-refractivity contribution in [2.75, 3.05) is 6.26 Å². The van der Waals surface area contributed by atoms with Crippen LogP contribution in [0.4, 0.5) is 13.2 Å². The van der Waals surface area contributed by atoms with E-state index in [1.54, 1.807) is 40.8 Å². The minimum Gasteiger partial charge on any atom is -0.287 e. The Morgan fingerprint density at radius 3 is 2.22 bits per heavy atom. The standard InChI is InChI=1S/C18H14F3IN2O2S/c1-11-4-3-5-12(10-11)17-23-15(18(19,20)21)16(22)24(17)13-6-8-14(9-7-13)27(2,25)26/h3-10H,1-2H3. The molecule has 3 aromatic rings. The second kappa shape index (κ2) is 6.93. The summed E-state index contributed by atoms with van der Waals surface area (Å²) in [6.45, 7) is 1.84. The highest BCUT2D eigenvalue weighted by Crippen LogP contribution is 2.37. The molecule has 1 aromatic heterocycles. The quantitative estimate of drug-likeness (QED) is 0.477. The molecule has 0 saturated heterocycles. The predicted octanol–water partition coefficient (Wildman–Crippen LogP) is 4.87. The van der Waals surface area contributed by atoms with Crippen LogP contribution in [-0.2, 0) is 16.0 Å². The summed E-state index contributed by atoms with van der Waals surface area (Å²) in [7, 11) is -3.40. The van der Waals surface area contributed by atoms with Crippen molar-refractivity contribution >= 4 is 32.4 Å². The lowest BCUT2D eigenvalue weighted by atomic mass is 10.1. The van der Waals surface area contributed by atoms with Crippen molar-refractivity contribution in [3.63, 3.8) is 0 Å². The Bertz CT molecular complexity index is 1100. The summed E-state index contributed by atoms with van der Waals surface area (Å²) in [6.07, 6.45) is -3.53. The lowest BCUT2D eigenvalue weighted by molar-refractivity contribution is -0.141. The highest BCUT2D eigenvalue weighted by atomic mass is 127. The molecule has 0 aliphatic rings. The molecule has 0 amide bonds. The average molecular weight is 506 g/mol. The van der Waals surface area contributed by atoms with E-state index in [4.69, 9.17) is 0 Å². The number of imidazole rings is 1. The van der Waals surface area contributed by atoms with Crippen LogP contribution >= 0.6 is 22.6 Å². The van der Waals surface area contributed by atoms with Crippen LogP contribution in [0.2, 0.25) is 0 Å². The van der Waals surface area contributed by atoms with Crippen molar-refractivity contribution in [3.05, 3.63) is 63.5 Å². The molecule has 2 aromatic carbocycles. The van der Waals surface area contributed by atoms with Crippen LogP contribution in [0, 0.1) is 10.6 Å². The van der Waals surface area contributed by atoms with Crippen LogP contribution in [0.25, 0.3) is 17.1 Å². The van der Waals surface area contributed by atoms with E-state index < -0.39 is 21.7 Å². The molecule has 4 nitrogen and oxygen atoms in total. The Hall–Kier alpha value is -1.88. The third kappa shape index (κ3) is 4.03. The van der Waals surface area contributed by atoms with Gasteiger partial charge < -0.3 is 0 Å². The first-order valence-electron chi connectivity index (χ1n) is 7.71. The van der Waals surface area contributed by atoms with Gasteiger partial charge in [-0.15, -0.1) is 0 Å². The first-order valence-corrected chi connectivity index (χ1v) is 10.7. The SMILES string of the molecule is Cc1cccc(-c2nc(C(F)(F)F)c(I)n2-c2ccc(S(C)(=O)=O)cc2)c1. The van der Waals surface area contributed by atoms with Gasteiger partial charge in [-0.3, -0.25) is 4.57 Å². The van der Waals surface area contributed by atoms with Crippen molar-refractivity contribution in [2.24, 2.45) is 0 Å². The van der Waals surface area contributed by atoms with Crippen LogP contribution < -0.4 is 0 Å². The lowest BCUT2D eigenvalue weighted by Gasteiger charge is -2.11. The fourth-order valence-electron chi connectivity index (χ4n) is 2.64. The number of halogens is 4. The van der Waals surface area contributed by atoms with Crippen molar-refractivity contribution in [1.82, 2.24) is 9.55 Å². The molecule has 0 aliphatic heterocycles. The molecule has 0 N–H and O–H groups in total. The summed E-state index contributed by atoms with van der Waals surface area (Å²) in [4.78, 5) is 3.94. The third-order valence-corrected chi connectivity index (χ3v) is 6.01. The highest BCUT2D eigenvalue weighted by molar-refractivity contribution is 14.1. The van der Waals surface area contributed by atoms with Gasteiger partial charge >= 0.3 is 6.18 Å². The number of aromatic nitrogens is 2. The fourth-order valence-corrected chi connectivity index (χ4v) is 4.20. The van der Waals surface area contributed by atoms with Gasteiger partial charge in [-0.25, -0.2) is 13.4 Å². The largest absolute Gasteiger partial charge is 0.436 e. The summed E-state index contributed by atoms with van der Waals surface area (Å²) in [5.41, 5.74) is 0.840. The van der Waals surface area contributed by atoms with Crippen LogP contribution in [0.1, 0.15) is 11.3 Å². The number of hydrogen-bond donors (Lipinski definition) is 0. The van der Waals surface area contributed by atoms with E-state index in [1.807, 2.05) is 13.0 Å². The Morgan fingerprint density at radius 2 is 1.70 bits per heavy atom. The molecule has 3 rings (SSSR count). The Balaban J connectivity index is 2.26. The van der Waals surface area contributed by atoms with Gasteiger partial charge in [-0.1, -0.05) is 23.8 Å². The number of aryl methyl sites for hydroxylation is 1. The smallest absolute Gasteiger partial charge is 0.287 e. The van der Waals surface area contributed by atoms with Gasteiger partial charge in [0.25, 0.3) is 0 Å². The van der Waals surface area contributed by atoms with Crippen molar-refractivity contribution in [1.29, 1.82) is 0 Å². The molecule has 0 atom stereocenters. The number of hydrogen-bond acceptors (Lipinski definition) is 3. The zero-order chi connectivity index (χ0) is 20.0. The van der Waals surface area contributed by atoms with Crippen LogP contribution in [0.5, 0.6) is 0 Å². The normalized spacial score (nSPS) is 12.4. The van der Waals surface area contributed by atoms with Gasteiger partial charge in [-0.2, -0.15) is 13.2 Å². The maximum absolute atomic E-state index is 13.4. The van der Waals surface area contributed by atoms with Gasteiger partial charge in [0, 0.05) is 17.5 Å². The van der Waals surface area contributed by atoms with Crippen LogP contribution in [-0.4, -0.2) is 24.2 Å². The number of nitrogens with zero attached hydrogens (tertiary/aromatic N) is 2. The van der Waals surface area contributed by atoms with E-state index >= 15 is 0 Å². The van der Waals surface area contributed by atoms with Gasteiger partial charge in [0.15, 0.2) is 15.5 Å². The summed E-state index contributed by atoms with van der Waals surface area (Å²) in [6, 6.07) is 12.7. The monoisotopic (exact) mass is 506 g/mol. The number of sulfone groups is 1. The van der Waals surface area contributed by atoms with Gasteiger partial charge in [-0.05, 0) is 59.8 Å². The van der Waals surface area contributed by atoms with Gasteiger partial charge in [0.2, 0.25) is 0 Å². The van der Waals surface area contributed by atoms with E-state index in [9.17, 15) is 21.6 Å². The molecule has 0 radical (unpaired) electrons. The second-order valence-corrected chi connectivity index (χ2v) is 9.08. The first-order chi connectivity index (χ1) is 12.5. The maximum atomic E-state index is 13.4. The molecule has 1 heterocycles. The molecule has 9 heteroatoms. The van der Waals surface area contributed by atoms with E-state index in [0.717, 1.165) is 11.8 Å². The Morgan fingerprint density at radius 1 is 1.07 bits per heavy atom. The topological polar surface area (TPSA) is 52.0 Å². The summed E-state index contributed by atoms with van der Waals surface area (Å²) < 4.78 is 64.8. The molecule has 0 aliphatic carbocycles. The maximum Gasteiger partial charge on any atom is 0.436 e. The fraction of sp³-hybridized carbons (Fsp3) is 0.167. The van der Waals surface area contributed by atoms with Crippen molar-refractivity contribution in [2.45, 2.75) is 18.0 Å². The first kappa shape index (κ1) is 19.9. The van der Waals surface area contributed by atoms with E-state index in [0.29, 0.717) is 11.3 Å². The summed E-state index contributed by atoms with van der Waals surface area (Å²) in [5.74, 6) is 0.141. The minimum absolute atomic E-state index is 0.0922. The highest BCUT2D eigenvalue weighted by Gasteiger charge is 2.38. The van der Waals surface area contributed by atoms with E-state index in [1.165, 1.54) is 28.8 Å². The van der Waals surface area contributed by atoms with Crippen LogP contribution in [0.3, 0.4) is 0 Å². The number of rotatable bonds is 3. The average Bonchev–Trinajstić information content (AvgIpc) is 2.92. The summed E-state index contributed by atoms with van der Waals surface area (Å²) in [5, 5.41) is 0. The Kier molecular flexibility index (Phi) is 5.10. The molecule has 27 heavy (non-hydrogen) atoms. The molecule has 0 spiro atoms. The number of benzene rings is 2. The zero-order valence-corrected chi connectivity index (χ0v) is 17.2. The van der Waals surface area contributed by atoms with Gasteiger partial charge in [0.1, 0.15) is 9.53 Å². The third-order valence-electron chi connectivity index (χ3n) is 3.89. The summed E-state index contributed by atoms with van der Waals surface area (Å²) >= 11 is 1.61. The molecule has 0 saturated carbocycles. The molecule has 0 unspecified atom stereocenters. The molecule has 0 bridgehead atoms. The van der Waals surface area contributed by atoms with Crippen LogP contribution in [0.15, 0.2) is 53.4 Å². The predicted molar refractivity (Wildman–Crippen MR) is 105 cm³/mol. The van der Waals surface area contributed by atoms with E-state index in [2.05, 4.69) is 4.98 Å². The van der Waals surface area contributed by atoms with Crippen molar-refractivity contribution < 1.29 is 21.6 Å². The minimum atomic E-state index is -4.60. The van der Waals surface area contributed by atoms with Gasteiger partial charge in [0.05, 0.1) is 4.90 Å². The van der Waals surface area contributed by atoms with E-state index in [-0.39, 0.29) is 14.4 Å².